The van der Waals surface area contributed by atoms with Crippen LogP contribution in [-0.4, -0.2) is 34.0 Å². The lowest BCUT2D eigenvalue weighted by atomic mass is 10.2. The van der Waals surface area contributed by atoms with E-state index in [1.54, 1.807) is 0 Å². The zero-order chi connectivity index (χ0) is 13.0. The number of benzene rings is 1. The van der Waals surface area contributed by atoms with Crippen LogP contribution in [0.1, 0.15) is 10.4 Å². The van der Waals surface area contributed by atoms with Crippen LogP contribution in [0.3, 0.4) is 0 Å². The zero-order valence-electron chi connectivity index (χ0n) is 9.08. The number of nitrogens with zero attached hydrogens (tertiary/aromatic N) is 1. The second kappa shape index (κ2) is 5.62. The first kappa shape index (κ1) is 13.4. The molecule has 1 N–H and O–H groups in total. The minimum atomic E-state index is -2.72. The Bertz CT molecular complexity index is 449. The van der Waals surface area contributed by atoms with Crippen molar-refractivity contribution in [2.75, 3.05) is 19.2 Å². The first-order chi connectivity index (χ1) is 7.95. The van der Waals surface area contributed by atoms with Crippen LogP contribution in [-0.2, 0) is 20.4 Å². The molecule has 0 spiro atoms. The van der Waals surface area contributed by atoms with Gasteiger partial charge in [-0.2, -0.15) is 4.28 Å². The number of rotatable bonds is 4. The summed E-state index contributed by atoms with van der Waals surface area (Å²) < 4.78 is 29.5. The van der Waals surface area contributed by atoms with Crippen LogP contribution >= 0.6 is 0 Å². The van der Waals surface area contributed by atoms with Gasteiger partial charge >= 0.3 is 5.97 Å². The lowest BCUT2D eigenvalue weighted by Crippen LogP contribution is -2.19. The predicted molar refractivity (Wildman–Crippen MR) is 57.9 cm³/mol. The van der Waals surface area contributed by atoms with Crippen LogP contribution in [0.5, 0.6) is 5.75 Å². The minimum Gasteiger partial charge on any atom is -0.748 e. The summed E-state index contributed by atoms with van der Waals surface area (Å²) in [6.07, 6.45) is 0. The molecule has 1 aromatic carbocycles. The third kappa shape index (κ3) is 3.41. The first-order valence-corrected chi connectivity index (χ1v) is 5.38. The van der Waals surface area contributed by atoms with Gasteiger partial charge in [0, 0.05) is 7.05 Å². The van der Waals surface area contributed by atoms with Crippen molar-refractivity contribution in [2.24, 2.45) is 0 Å². The van der Waals surface area contributed by atoms with Gasteiger partial charge in [-0.3, -0.25) is 0 Å². The number of phenols is 1. The molecule has 0 saturated heterocycles. The van der Waals surface area contributed by atoms with Crippen molar-refractivity contribution < 1.29 is 27.7 Å². The molecular formula is C9H10NO6S-. The lowest BCUT2D eigenvalue weighted by molar-refractivity contribution is 0.0597. The molecule has 0 aromatic heterocycles. The molecule has 17 heavy (non-hydrogen) atoms. The molecule has 0 saturated carbocycles. The molecule has 1 unspecified atom stereocenters. The van der Waals surface area contributed by atoms with Gasteiger partial charge in [-0.1, -0.05) is 0 Å². The van der Waals surface area contributed by atoms with E-state index in [9.17, 15) is 18.7 Å². The summed E-state index contributed by atoms with van der Waals surface area (Å²) in [4.78, 5) is 11.3. The zero-order valence-corrected chi connectivity index (χ0v) is 9.89. The van der Waals surface area contributed by atoms with E-state index in [2.05, 4.69) is 9.02 Å². The van der Waals surface area contributed by atoms with Crippen molar-refractivity contribution in [2.45, 2.75) is 0 Å². The molecule has 1 atom stereocenters. The van der Waals surface area contributed by atoms with E-state index in [0.717, 1.165) is 5.06 Å². The molecule has 0 fully saturated rings. The van der Waals surface area contributed by atoms with Gasteiger partial charge in [-0.05, 0) is 18.2 Å². The van der Waals surface area contributed by atoms with Crippen LogP contribution in [0.15, 0.2) is 18.2 Å². The minimum absolute atomic E-state index is 0.0860. The quantitative estimate of drug-likeness (QED) is 0.473. The van der Waals surface area contributed by atoms with E-state index < -0.39 is 17.3 Å². The maximum atomic E-state index is 11.3. The maximum Gasteiger partial charge on any atom is 0.341 e. The molecule has 0 heterocycles. The van der Waals surface area contributed by atoms with E-state index in [4.69, 9.17) is 0 Å². The van der Waals surface area contributed by atoms with Crippen LogP contribution in [0.25, 0.3) is 0 Å². The summed E-state index contributed by atoms with van der Waals surface area (Å²) in [5.74, 6) is -1.00. The number of hydrogen-bond donors (Lipinski definition) is 1. The highest BCUT2D eigenvalue weighted by Gasteiger charge is 2.14. The third-order valence-electron chi connectivity index (χ3n) is 1.92. The molecule has 0 aliphatic carbocycles. The van der Waals surface area contributed by atoms with E-state index in [0.29, 0.717) is 0 Å². The van der Waals surface area contributed by atoms with Crippen LogP contribution < -0.4 is 5.06 Å². The average molecular weight is 260 g/mol. The highest BCUT2D eigenvalue weighted by molar-refractivity contribution is 7.74. The summed E-state index contributed by atoms with van der Waals surface area (Å²) in [5.41, 5.74) is 0.185. The second-order valence-corrected chi connectivity index (χ2v) is 3.53. The molecule has 7 nitrogen and oxygen atoms in total. The van der Waals surface area contributed by atoms with Gasteiger partial charge in [0.1, 0.15) is 22.7 Å². The van der Waals surface area contributed by atoms with Gasteiger partial charge in [0.2, 0.25) is 0 Å². The Kier molecular flexibility index (Phi) is 4.44. The molecule has 1 aromatic rings. The Hall–Kier alpha value is -1.64. The van der Waals surface area contributed by atoms with Crippen LogP contribution in [0, 0.1) is 0 Å². The molecule has 0 aliphatic rings. The Balaban J connectivity index is 3.03. The fourth-order valence-electron chi connectivity index (χ4n) is 1.13. The second-order valence-electron chi connectivity index (χ2n) is 2.97. The number of carbonyl (C=O) groups is 1. The number of hydroxylamine groups is 1. The van der Waals surface area contributed by atoms with E-state index in [-0.39, 0.29) is 17.0 Å². The van der Waals surface area contributed by atoms with Gasteiger partial charge < -0.3 is 14.4 Å². The summed E-state index contributed by atoms with van der Waals surface area (Å²) in [6.45, 7) is 0. The van der Waals surface area contributed by atoms with Crippen molar-refractivity contribution >= 4 is 23.0 Å². The predicted octanol–water partition coefficient (Wildman–Crippen LogP) is 0.341. The van der Waals surface area contributed by atoms with Gasteiger partial charge in [0.05, 0.1) is 12.8 Å². The number of methoxy groups -OCH3 is 1. The summed E-state index contributed by atoms with van der Waals surface area (Å²) >= 11 is -2.72. The van der Waals surface area contributed by atoms with Crippen LogP contribution in [0.2, 0.25) is 0 Å². The molecule has 0 amide bonds. The number of aromatic hydroxyl groups is 1. The first-order valence-electron chi connectivity index (χ1n) is 4.38. The van der Waals surface area contributed by atoms with E-state index >= 15 is 0 Å². The highest BCUT2D eigenvalue weighted by Crippen LogP contribution is 2.24. The summed E-state index contributed by atoms with van der Waals surface area (Å²) in [7, 11) is 2.50. The monoisotopic (exact) mass is 260 g/mol. The van der Waals surface area contributed by atoms with Gasteiger partial charge in [-0.15, -0.1) is 0 Å². The fourth-order valence-corrected chi connectivity index (χ4v) is 1.40. The number of anilines is 1. The van der Waals surface area contributed by atoms with Gasteiger partial charge in [0.15, 0.2) is 0 Å². The number of ether oxygens (including phenoxy) is 1. The molecule has 0 aliphatic heterocycles. The Morgan fingerprint density at radius 2 is 2.18 bits per heavy atom. The van der Waals surface area contributed by atoms with E-state index in [1.165, 1.54) is 32.4 Å². The van der Waals surface area contributed by atoms with Gasteiger partial charge in [0.25, 0.3) is 0 Å². The van der Waals surface area contributed by atoms with E-state index in [1.807, 2.05) is 0 Å². The van der Waals surface area contributed by atoms with Crippen molar-refractivity contribution in [3.63, 3.8) is 0 Å². The molecule has 94 valence electrons. The number of carbonyl (C=O) groups excluding carboxylic acids is 1. The fraction of sp³-hybridized carbons (Fsp3) is 0.222. The maximum absolute atomic E-state index is 11.3. The van der Waals surface area contributed by atoms with Crippen molar-refractivity contribution in [1.82, 2.24) is 0 Å². The number of esters is 1. The molecule has 1 rings (SSSR count). The summed E-state index contributed by atoms with van der Waals surface area (Å²) in [6, 6.07) is 3.86. The van der Waals surface area contributed by atoms with Crippen molar-refractivity contribution in [1.29, 1.82) is 0 Å². The molecular weight excluding hydrogens is 250 g/mol. The molecule has 0 radical (unpaired) electrons. The lowest BCUT2D eigenvalue weighted by Gasteiger charge is -2.19. The topological polar surface area (TPSA) is 99.1 Å². The summed E-state index contributed by atoms with van der Waals surface area (Å²) in [5, 5.41) is 10.3. The average Bonchev–Trinajstić information content (AvgIpc) is 2.27. The normalized spacial score (nSPS) is 11.9. The van der Waals surface area contributed by atoms with Crippen LogP contribution in [0.4, 0.5) is 5.69 Å². The number of hydrogen-bond acceptors (Lipinski definition) is 7. The number of phenolic OH excluding ortho intramolecular Hbond substituents is 1. The standard InChI is InChI=1S/C9H11NO6S/c1-10(16-17(13)14)6-3-4-8(11)7(5-6)9(12)15-2/h3-5,11H,1-2H3,(H,13,14)/p-1. The Morgan fingerprint density at radius 1 is 1.53 bits per heavy atom. The Morgan fingerprint density at radius 3 is 2.71 bits per heavy atom. The third-order valence-corrected chi connectivity index (χ3v) is 2.27. The van der Waals surface area contributed by atoms with Crippen molar-refractivity contribution in [3.05, 3.63) is 23.8 Å². The SMILES string of the molecule is COC(=O)c1cc(N(C)OS(=O)[O-])ccc1O. The smallest absolute Gasteiger partial charge is 0.341 e. The Labute approximate surface area is 100 Å². The molecule has 0 bridgehead atoms. The highest BCUT2D eigenvalue weighted by atomic mass is 32.2. The van der Waals surface area contributed by atoms with Gasteiger partial charge in [-0.25, -0.2) is 14.1 Å². The van der Waals surface area contributed by atoms with Crippen molar-refractivity contribution in [3.8, 4) is 5.75 Å². The molecule has 8 heteroatoms. The largest absolute Gasteiger partial charge is 0.748 e.